The van der Waals surface area contributed by atoms with Gasteiger partial charge >= 0.3 is 0 Å². The number of nitrogens with zero attached hydrogens (tertiary/aromatic N) is 1. The van der Waals surface area contributed by atoms with Crippen molar-refractivity contribution in [3.05, 3.63) is 18.2 Å². The highest BCUT2D eigenvalue weighted by atomic mass is 16.2. The van der Waals surface area contributed by atoms with Crippen LogP contribution in [0.1, 0.15) is 64.2 Å². The third-order valence-electron chi connectivity index (χ3n) is 6.11. The Balaban J connectivity index is 1.54. The summed E-state index contributed by atoms with van der Waals surface area (Å²) in [7, 11) is 0. The third-order valence-corrected chi connectivity index (χ3v) is 6.11. The van der Waals surface area contributed by atoms with Gasteiger partial charge < -0.3 is 10.3 Å². The van der Waals surface area contributed by atoms with Gasteiger partial charge in [0.25, 0.3) is 0 Å². The number of rotatable bonds is 3. The van der Waals surface area contributed by atoms with E-state index in [9.17, 15) is 4.79 Å². The first-order valence-corrected chi connectivity index (χ1v) is 8.28. The Morgan fingerprint density at radius 1 is 1.38 bits per heavy atom. The Morgan fingerprint density at radius 3 is 2.67 bits per heavy atom. The topological polar surface area (TPSA) is 57.8 Å². The number of carbonyl (C=O) groups excluding carboxylic acids is 1. The van der Waals surface area contributed by atoms with Crippen molar-refractivity contribution in [1.29, 1.82) is 0 Å². The van der Waals surface area contributed by atoms with Crippen LogP contribution in [0.2, 0.25) is 0 Å². The van der Waals surface area contributed by atoms with Crippen LogP contribution in [0, 0.1) is 22.7 Å². The molecule has 0 aliphatic heterocycles. The third kappa shape index (κ3) is 2.11. The second-order valence-electron chi connectivity index (χ2n) is 8.22. The van der Waals surface area contributed by atoms with E-state index in [0.717, 1.165) is 36.9 Å². The summed E-state index contributed by atoms with van der Waals surface area (Å²) in [6, 6.07) is -0.0340. The standard InChI is InChI=1S/C17H25N3O/c1-11(14-18-3-4-19-14)20-15(21)17-8-12-5-13(9-17)7-16(2,6-12)10-17/h3-4,11-13H,5-10H2,1-2H3,(H,18,19)(H,20,21). The van der Waals surface area contributed by atoms with Crippen molar-refractivity contribution in [2.75, 3.05) is 0 Å². The summed E-state index contributed by atoms with van der Waals surface area (Å²) in [5, 5.41) is 3.22. The van der Waals surface area contributed by atoms with Crippen molar-refractivity contribution in [1.82, 2.24) is 15.3 Å². The fourth-order valence-corrected chi connectivity index (χ4v) is 5.92. The molecule has 0 radical (unpaired) electrons. The van der Waals surface area contributed by atoms with Crippen LogP contribution in [0.5, 0.6) is 0 Å². The number of aromatic nitrogens is 2. The number of nitrogens with one attached hydrogen (secondary N) is 2. The Bertz CT molecular complexity index is 536. The van der Waals surface area contributed by atoms with E-state index in [1.165, 1.54) is 19.3 Å². The zero-order valence-corrected chi connectivity index (χ0v) is 13.0. The Hall–Kier alpha value is -1.32. The quantitative estimate of drug-likeness (QED) is 0.897. The zero-order valence-electron chi connectivity index (χ0n) is 13.0. The molecule has 3 atom stereocenters. The first kappa shape index (κ1) is 13.4. The molecule has 4 nitrogen and oxygen atoms in total. The van der Waals surface area contributed by atoms with Gasteiger partial charge in [0.05, 0.1) is 11.5 Å². The molecular weight excluding hydrogens is 262 g/mol. The molecule has 114 valence electrons. The van der Waals surface area contributed by atoms with E-state index in [1.54, 1.807) is 6.20 Å². The maximum Gasteiger partial charge on any atom is 0.226 e. The van der Waals surface area contributed by atoms with Crippen LogP contribution in [0.25, 0.3) is 0 Å². The summed E-state index contributed by atoms with van der Waals surface area (Å²) >= 11 is 0. The molecule has 1 aromatic rings. The maximum atomic E-state index is 13.0. The molecule has 4 bridgehead atoms. The van der Waals surface area contributed by atoms with Gasteiger partial charge in [-0.1, -0.05) is 6.92 Å². The smallest absolute Gasteiger partial charge is 0.226 e. The molecule has 0 saturated heterocycles. The second kappa shape index (κ2) is 4.34. The monoisotopic (exact) mass is 287 g/mol. The predicted octanol–water partition coefficient (Wildman–Crippen LogP) is 3.19. The van der Waals surface area contributed by atoms with Crippen molar-refractivity contribution in [2.45, 2.75) is 58.4 Å². The van der Waals surface area contributed by atoms with Gasteiger partial charge in [-0.25, -0.2) is 4.98 Å². The van der Waals surface area contributed by atoms with Gasteiger partial charge in [0, 0.05) is 12.4 Å². The van der Waals surface area contributed by atoms with Gasteiger partial charge in [0.15, 0.2) is 0 Å². The van der Waals surface area contributed by atoms with Crippen molar-refractivity contribution in [3.63, 3.8) is 0 Å². The number of carbonyl (C=O) groups is 1. The average Bonchev–Trinajstić information content (AvgIpc) is 2.89. The van der Waals surface area contributed by atoms with Gasteiger partial charge in [-0.05, 0) is 62.7 Å². The zero-order chi connectivity index (χ0) is 14.7. The minimum Gasteiger partial charge on any atom is -0.347 e. The van der Waals surface area contributed by atoms with Gasteiger partial charge in [-0.3, -0.25) is 4.79 Å². The largest absolute Gasteiger partial charge is 0.347 e. The molecule has 1 amide bonds. The lowest BCUT2D eigenvalue weighted by molar-refractivity contribution is -0.156. The molecular formula is C17H25N3O. The summed E-state index contributed by atoms with van der Waals surface area (Å²) in [6.07, 6.45) is 10.9. The van der Waals surface area contributed by atoms with E-state index in [-0.39, 0.29) is 17.4 Å². The SMILES string of the molecule is CC(NC(=O)C12CC3CC(CC(C)(C3)C1)C2)c1ncc[nH]1. The van der Waals surface area contributed by atoms with Crippen LogP contribution in [0.3, 0.4) is 0 Å². The average molecular weight is 287 g/mol. The van der Waals surface area contributed by atoms with Crippen LogP contribution in [0.4, 0.5) is 0 Å². The molecule has 5 rings (SSSR count). The van der Waals surface area contributed by atoms with Crippen LogP contribution in [-0.4, -0.2) is 15.9 Å². The van der Waals surface area contributed by atoms with Crippen molar-refractivity contribution < 1.29 is 4.79 Å². The second-order valence-corrected chi connectivity index (χ2v) is 8.22. The molecule has 21 heavy (non-hydrogen) atoms. The number of amides is 1. The number of imidazole rings is 1. The number of aromatic amines is 1. The molecule has 4 heteroatoms. The first-order chi connectivity index (χ1) is 9.98. The number of hydrogen-bond donors (Lipinski definition) is 2. The molecule has 1 aromatic heterocycles. The molecule has 3 unspecified atom stereocenters. The molecule has 4 fully saturated rings. The molecule has 4 aliphatic carbocycles. The number of H-pyrrole nitrogens is 1. The fourth-order valence-electron chi connectivity index (χ4n) is 5.92. The van der Waals surface area contributed by atoms with Crippen molar-refractivity contribution in [2.24, 2.45) is 22.7 Å². The van der Waals surface area contributed by atoms with E-state index in [1.807, 2.05) is 13.1 Å². The first-order valence-electron chi connectivity index (χ1n) is 8.28. The molecule has 0 spiro atoms. The van der Waals surface area contributed by atoms with Gasteiger partial charge in [0.1, 0.15) is 5.82 Å². The number of hydrogen-bond acceptors (Lipinski definition) is 2. The molecule has 4 aliphatic rings. The van der Waals surface area contributed by atoms with Crippen molar-refractivity contribution in [3.8, 4) is 0 Å². The highest BCUT2D eigenvalue weighted by molar-refractivity contribution is 5.83. The lowest BCUT2D eigenvalue weighted by Crippen LogP contribution is -2.57. The molecule has 4 saturated carbocycles. The van der Waals surface area contributed by atoms with E-state index in [0.29, 0.717) is 5.41 Å². The normalized spacial score (nSPS) is 42.0. The van der Waals surface area contributed by atoms with E-state index >= 15 is 0 Å². The fraction of sp³-hybridized carbons (Fsp3) is 0.765. The Labute approximate surface area is 126 Å². The minimum atomic E-state index is -0.0975. The summed E-state index contributed by atoms with van der Waals surface area (Å²) in [5.41, 5.74) is 0.315. The van der Waals surface area contributed by atoms with Crippen LogP contribution in [0.15, 0.2) is 12.4 Å². The Morgan fingerprint density at radius 2 is 2.10 bits per heavy atom. The summed E-state index contributed by atoms with van der Waals surface area (Å²) < 4.78 is 0. The lowest BCUT2D eigenvalue weighted by Gasteiger charge is -2.60. The van der Waals surface area contributed by atoms with Crippen molar-refractivity contribution >= 4 is 5.91 Å². The van der Waals surface area contributed by atoms with E-state index in [2.05, 4.69) is 22.2 Å². The highest BCUT2D eigenvalue weighted by Crippen LogP contribution is 2.65. The summed E-state index contributed by atoms with van der Waals surface area (Å²) in [5.74, 6) is 2.67. The van der Waals surface area contributed by atoms with Crippen LogP contribution < -0.4 is 5.32 Å². The van der Waals surface area contributed by atoms with Gasteiger partial charge in [-0.2, -0.15) is 0 Å². The molecule has 2 N–H and O–H groups in total. The predicted molar refractivity (Wildman–Crippen MR) is 80.4 cm³/mol. The van der Waals surface area contributed by atoms with E-state index in [4.69, 9.17) is 0 Å². The highest BCUT2D eigenvalue weighted by Gasteiger charge is 2.58. The maximum absolute atomic E-state index is 13.0. The lowest BCUT2D eigenvalue weighted by atomic mass is 9.44. The van der Waals surface area contributed by atoms with Gasteiger partial charge in [0.2, 0.25) is 5.91 Å². The summed E-state index contributed by atoms with van der Waals surface area (Å²) in [6.45, 7) is 4.42. The van der Waals surface area contributed by atoms with Crippen LogP contribution >= 0.6 is 0 Å². The van der Waals surface area contributed by atoms with E-state index < -0.39 is 0 Å². The Kier molecular flexibility index (Phi) is 2.76. The van der Waals surface area contributed by atoms with Gasteiger partial charge in [-0.15, -0.1) is 0 Å². The minimum absolute atomic E-state index is 0.0340. The summed E-state index contributed by atoms with van der Waals surface area (Å²) in [4.78, 5) is 20.3. The molecule has 1 heterocycles. The molecule has 0 aromatic carbocycles. The van der Waals surface area contributed by atoms with Crippen LogP contribution in [-0.2, 0) is 4.79 Å².